The third-order valence-electron chi connectivity index (χ3n) is 2.64. The van der Waals surface area contributed by atoms with Crippen LogP contribution < -0.4 is 0 Å². The molecule has 1 N–H and O–H groups in total. The lowest BCUT2D eigenvalue weighted by Crippen LogP contribution is -2.30. The smallest absolute Gasteiger partial charge is 0.0682 e. The van der Waals surface area contributed by atoms with Gasteiger partial charge in [0.25, 0.3) is 0 Å². The average molecular weight is 171 g/mol. The molecule has 72 valence electrons. The molecule has 0 spiro atoms. The van der Waals surface area contributed by atoms with Crippen molar-refractivity contribution >= 4 is 0 Å². The first-order chi connectivity index (χ1) is 5.77. The summed E-state index contributed by atoms with van der Waals surface area (Å²) in [4.78, 5) is 2.44. The van der Waals surface area contributed by atoms with E-state index in [-0.39, 0.29) is 6.10 Å². The first kappa shape index (κ1) is 10.0. The van der Waals surface area contributed by atoms with E-state index in [0.717, 1.165) is 19.5 Å². The minimum Gasteiger partial charge on any atom is -0.392 e. The quantitative estimate of drug-likeness (QED) is 0.695. The molecule has 0 unspecified atom stereocenters. The van der Waals surface area contributed by atoms with Gasteiger partial charge in [-0.1, -0.05) is 20.3 Å². The fourth-order valence-electron chi connectivity index (χ4n) is 2.15. The Kier molecular flexibility index (Phi) is 4.02. The highest BCUT2D eigenvalue weighted by molar-refractivity contribution is 4.84. The third kappa shape index (κ3) is 2.46. The van der Waals surface area contributed by atoms with E-state index in [1.165, 1.54) is 19.3 Å². The van der Waals surface area contributed by atoms with Crippen molar-refractivity contribution in [3.63, 3.8) is 0 Å². The number of aliphatic hydroxyl groups is 1. The van der Waals surface area contributed by atoms with Gasteiger partial charge in [0, 0.05) is 12.6 Å². The monoisotopic (exact) mass is 171 g/mol. The molecule has 1 rings (SSSR count). The van der Waals surface area contributed by atoms with Gasteiger partial charge in [0.05, 0.1) is 6.10 Å². The Hall–Kier alpha value is -0.0800. The largest absolute Gasteiger partial charge is 0.392 e. The molecular formula is C10H21NO. The molecule has 0 saturated carbocycles. The summed E-state index contributed by atoms with van der Waals surface area (Å²) >= 11 is 0. The molecule has 0 radical (unpaired) electrons. The molecule has 2 heteroatoms. The molecule has 0 aliphatic carbocycles. The normalized spacial score (nSPS) is 31.2. The summed E-state index contributed by atoms with van der Waals surface area (Å²) in [5, 5.41) is 9.48. The van der Waals surface area contributed by atoms with Gasteiger partial charge in [-0.05, 0) is 25.8 Å². The Morgan fingerprint density at radius 2 is 2.08 bits per heavy atom. The number of β-amino-alcohol motifs (C(OH)–C–C–N with tert-alkyl or cyclic N) is 1. The number of hydrogen-bond acceptors (Lipinski definition) is 2. The van der Waals surface area contributed by atoms with E-state index < -0.39 is 0 Å². The van der Waals surface area contributed by atoms with E-state index in [1.54, 1.807) is 0 Å². The molecule has 1 fully saturated rings. The van der Waals surface area contributed by atoms with Crippen LogP contribution in [0.15, 0.2) is 0 Å². The van der Waals surface area contributed by atoms with E-state index in [9.17, 15) is 5.11 Å². The van der Waals surface area contributed by atoms with E-state index >= 15 is 0 Å². The number of hydrogen-bond donors (Lipinski definition) is 1. The zero-order chi connectivity index (χ0) is 8.97. The predicted molar refractivity (Wildman–Crippen MR) is 51.2 cm³/mol. The summed E-state index contributed by atoms with van der Waals surface area (Å²) in [7, 11) is 0. The molecule has 0 aromatic carbocycles. The molecule has 1 saturated heterocycles. The van der Waals surface area contributed by atoms with Gasteiger partial charge >= 0.3 is 0 Å². The summed E-state index contributed by atoms with van der Waals surface area (Å²) in [6.07, 6.45) is 4.61. The second-order valence-corrected chi connectivity index (χ2v) is 3.83. The zero-order valence-corrected chi connectivity index (χ0v) is 8.29. The van der Waals surface area contributed by atoms with Gasteiger partial charge in [-0.3, -0.25) is 4.90 Å². The molecule has 1 aliphatic heterocycles. The average Bonchev–Trinajstić information content (AvgIpc) is 2.33. The highest BCUT2D eigenvalue weighted by Gasteiger charge is 2.28. The van der Waals surface area contributed by atoms with Crippen molar-refractivity contribution in [3.8, 4) is 0 Å². The Labute approximate surface area is 75.6 Å². The van der Waals surface area contributed by atoms with Gasteiger partial charge in [-0.2, -0.15) is 0 Å². The number of rotatable bonds is 4. The van der Waals surface area contributed by atoms with Gasteiger partial charge in [0.2, 0.25) is 0 Å². The van der Waals surface area contributed by atoms with Crippen LogP contribution in [0.3, 0.4) is 0 Å². The molecule has 2 atom stereocenters. The van der Waals surface area contributed by atoms with Crippen molar-refractivity contribution in [1.29, 1.82) is 0 Å². The molecule has 12 heavy (non-hydrogen) atoms. The lowest BCUT2D eigenvalue weighted by atomic mass is 10.1. The van der Waals surface area contributed by atoms with Gasteiger partial charge in [-0.15, -0.1) is 0 Å². The van der Waals surface area contributed by atoms with Gasteiger partial charge in [-0.25, -0.2) is 0 Å². The summed E-state index contributed by atoms with van der Waals surface area (Å²) < 4.78 is 0. The summed E-state index contributed by atoms with van der Waals surface area (Å²) in [5.41, 5.74) is 0. The summed E-state index contributed by atoms with van der Waals surface area (Å²) in [5.74, 6) is 0. The van der Waals surface area contributed by atoms with E-state index in [4.69, 9.17) is 0 Å². The van der Waals surface area contributed by atoms with Crippen LogP contribution in [0.1, 0.15) is 39.5 Å². The van der Waals surface area contributed by atoms with Crippen LogP contribution in [-0.2, 0) is 0 Å². The Bertz CT molecular complexity index is 113. The summed E-state index contributed by atoms with van der Waals surface area (Å²) in [6, 6.07) is 0.657. The number of nitrogens with zero attached hydrogens (tertiary/aromatic N) is 1. The first-order valence-electron chi connectivity index (χ1n) is 5.20. The van der Waals surface area contributed by atoms with Crippen molar-refractivity contribution in [2.24, 2.45) is 0 Å². The third-order valence-corrected chi connectivity index (χ3v) is 2.64. The van der Waals surface area contributed by atoms with Crippen molar-refractivity contribution in [3.05, 3.63) is 0 Å². The van der Waals surface area contributed by atoms with Crippen LogP contribution in [-0.4, -0.2) is 35.2 Å². The van der Waals surface area contributed by atoms with Crippen LogP contribution in [0.2, 0.25) is 0 Å². The van der Waals surface area contributed by atoms with Crippen LogP contribution >= 0.6 is 0 Å². The minimum absolute atomic E-state index is 0.0619. The van der Waals surface area contributed by atoms with E-state index in [1.807, 2.05) is 0 Å². The van der Waals surface area contributed by atoms with Gasteiger partial charge < -0.3 is 5.11 Å². The highest BCUT2D eigenvalue weighted by atomic mass is 16.3. The van der Waals surface area contributed by atoms with Gasteiger partial charge in [0.15, 0.2) is 0 Å². The molecule has 0 bridgehead atoms. The maximum Gasteiger partial charge on any atom is 0.0682 e. The Balaban J connectivity index is 2.36. The maximum atomic E-state index is 9.48. The van der Waals surface area contributed by atoms with Crippen molar-refractivity contribution in [2.45, 2.75) is 51.7 Å². The molecule has 1 heterocycles. The standard InChI is InChI=1S/C10H21NO/c1-3-5-9-7-10(12)8-11(9)6-4-2/h9-10,12H,3-8H2,1-2H3/t9-,10+/m0/s1. The highest BCUT2D eigenvalue weighted by Crippen LogP contribution is 2.21. The van der Waals surface area contributed by atoms with Crippen LogP contribution in [0.5, 0.6) is 0 Å². The lowest BCUT2D eigenvalue weighted by Gasteiger charge is -2.22. The SMILES string of the molecule is CCC[C@H]1C[C@@H](O)CN1CCC. The zero-order valence-electron chi connectivity index (χ0n) is 8.29. The van der Waals surface area contributed by atoms with Crippen molar-refractivity contribution in [1.82, 2.24) is 4.90 Å². The lowest BCUT2D eigenvalue weighted by molar-refractivity contribution is 0.174. The second-order valence-electron chi connectivity index (χ2n) is 3.83. The fraction of sp³-hybridized carbons (Fsp3) is 1.00. The molecule has 2 nitrogen and oxygen atoms in total. The fourth-order valence-corrected chi connectivity index (χ4v) is 2.15. The molecular weight excluding hydrogens is 150 g/mol. The van der Waals surface area contributed by atoms with Crippen LogP contribution in [0.4, 0.5) is 0 Å². The minimum atomic E-state index is -0.0619. The predicted octanol–water partition coefficient (Wildman–Crippen LogP) is 1.63. The number of aliphatic hydroxyl groups excluding tert-OH is 1. The summed E-state index contributed by atoms with van der Waals surface area (Å²) in [6.45, 7) is 6.47. The van der Waals surface area contributed by atoms with E-state index in [2.05, 4.69) is 18.7 Å². The molecule has 0 aromatic heterocycles. The molecule has 1 aliphatic rings. The van der Waals surface area contributed by atoms with Crippen molar-refractivity contribution < 1.29 is 5.11 Å². The van der Waals surface area contributed by atoms with Crippen LogP contribution in [0, 0.1) is 0 Å². The van der Waals surface area contributed by atoms with Gasteiger partial charge in [0.1, 0.15) is 0 Å². The Morgan fingerprint density at radius 3 is 2.67 bits per heavy atom. The Morgan fingerprint density at radius 1 is 1.33 bits per heavy atom. The maximum absolute atomic E-state index is 9.48. The van der Waals surface area contributed by atoms with E-state index in [0.29, 0.717) is 6.04 Å². The second kappa shape index (κ2) is 4.83. The van der Waals surface area contributed by atoms with Crippen LogP contribution in [0.25, 0.3) is 0 Å². The topological polar surface area (TPSA) is 23.5 Å². The first-order valence-corrected chi connectivity index (χ1v) is 5.20. The number of likely N-dealkylation sites (tertiary alicyclic amines) is 1. The molecule has 0 aromatic rings. The van der Waals surface area contributed by atoms with Crippen molar-refractivity contribution in [2.75, 3.05) is 13.1 Å². The molecule has 0 amide bonds.